The molecule has 3 aromatic rings. The quantitative estimate of drug-likeness (QED) is 0.208. The van der Waals surface area contributed by atoms with Gasteiger partial charge in [-0.05, 0) is 30.3 Å². The third-order valence-electron chi connectivity index (χ3n) is 5.59. The van der Waals surface area contributed by atoms with Crippen LogP contribution in [0.3, 0.4) is 0 Å². The van der Waals surface area contributed by atoms with Gasteiger partial charge in [0.1, 0.15) is 24.2 Å². The molecule has 0 unspecified atom stereocenters. The molecule has 1 heterocycles. The number of nitrogens with one attached hydrogen (secondary N) is 1. The van der Waals surface area contributed by atoms with Gasteiger partial charge in [0.15, 0.2) is 17.6 Å². The zero-order chi connectivity index (χ0) is 27.5. The van der Waals surface area contributed by atoms with Crippen molar-refractivity contribution >= 4 is 30.4 Å². The summed E-state index contributed by atoms with van der Waals surface area (Å²) in [6.45, 7) is -0.0581. The van der Waals surface area contributed by atoms with E-state index in [0.717, 1.165) is 0 Å². The average molecular weight is 556 g/mol. The molecule has 39 heavy (non-hydrogen) atoms. The summed E-state index contributed by atoms with van der Waals surface area (Å²) in [5.74, 6) is 1.46. The number of aliphatic hydroxyl groups excluding tert-OH is 1. The second-order valence-corrected chi connectivity index (χ2v) is 8.58. The Labute approximate surface area is 231 Å². The number of esters is 1. The molecule has 4 rings (SSSR count). The molecule has 0 radical (unpaired) electrons. The fraction of sp³-hybridized carbons (Fsp3) is 0.286. The van der Waals surface area contributed by atoms with Crippen LogP contribution in [0.2, 0.25) is 0 Å². The Morgan fingerprint density at radius 3 is 2.54 bits per heavy atom. The van der Waals surface area contributed by atoms with Crippen molar-refractivity contribution in [1.29, 1.82) is 0 Å². The summed E-state index contributed by atoms with van der Waals surface area (Å²) in [4.78, 5) is 24.9. The molecule has 206 valence electrons. The molecule has 3 aromatic carbocycles. The van der Waals surface area contributed by atoms with Crippen LogP contribution in [0.5, 0.6) is 23.0 Å². The highest BCUT2D eigenvalue weighted by Crippen LogP contribution is 2.36. The van der Waals surface area contributed by atoms with Gasteiger partial charge in [0.2, 0.25) is 6.79 Å². The number of hydrogen-bond donors (Lipinski definition) is 3. The van der Waals surface area contributed by atoms with E-state index in [1.165, 1.54) is 0 Å². The van der Waals surface area contributed by atoms with Gasteiger partial charge in [0.25, 0.3) is 0 Å². The van der Waals surface area contributed by atoms with E-state index in [2.05, 4.69) is 17.9 Å². The molecule has 1 aliphatic rings. The van der Waals surface area contributed by atoms with E-state index in [1.54, 1.807) is 54.6 Å². The van der Waals surface area contributed by atoms with Gasteiger partial charge in [-0.2, -0.15) is 12.6 Å². The monoisotopic (exact) mass is 555 g/mol. The zero-order valence-electron chi connectivity index (χ0n) is 21.0. The summed E-state index contributed by atoms with van der Waals surface area (Å²) < 4.78 is 33.9. The van der Waals surface area contributed by atoms with Crippen LogP contribution in [0.15, 0.2) is 72.8 Å². The summed E-state index contributed by atoms with van der Waals surface area (Å²) in [7, 11) is 0. The van der Waals surface area contributed by atoms with E-state index in [1.807, 2.05) is 18.2 Å². The highest BCUT2D eigenvalue weighted by Gasteiger charge is 2.32. The lowest BCUT2D eigenvalue weighted by molar-refractivity contribution is -0.141. The van der Waals surface area contributed by atoms with Crippen molar-refractivity contribution in [1.82, 2.24) is 0 Å². The maximum atomic E-state index is 13.2. The van der Waals surface area contributed by atoms with Crippen LogP contribution < -0.4 is 24.3 Å². The van der Waals surface area contributed by atoms with Crippen LogP contribution in [0.25, 0.3) is 0 Å². The topological polar surface area (TPSA) is 122 Å². The molecule has 11 heteroatoms. The van der Waals surface area contributed by atoms with Crippen molar-refractivity contribution in [2.24, 2.45) is 0 Å². The normalized spacial score (nSPS) is 13.2. The van der Waals surface area contributed by atoms with Crippen LogP contribution in [-0.2, 0) is 14.3 Å². The van der Waals surface area contributed by atoms with Crippen molar-refractivity contribution in [2.45, 2.75) is 18.6 Å². The first kappa shape index (κ1) is 27.9. The Bertz CT molecular complexity index is 1240. The Kier molecular flexibility index (Phi) is 10.1. The number of benzene rings is 3. The van der Waals surface area contributed by atoms with Crippen LogP contribution >= 0.6 is 12.6 Å². The second-order valence-electron chi connectivity index (χ2n) is 8.27. The van der Waals surface area contributed by atoms with E-state index in [4.69, 9.17) is 28.4 Å². The molecule has 10 nitrogen and oxygen atoms in total. The molecule has 2 N–H and O–H groups in total. The Morgan fingerprint density at radius 2 is 1.74 bits per heavy atom. The van der Waals surface area contributed by atoms with Crippen LogP contribution in [0.4, 0.5) is 10.5 Å². The number of anilines is 1. The summed E-state index contributed by atoms with van der Waals surface area (Å²) in [5, 5.41) is 12.0. The number of rotatable bonds is 13. The van der Waals surface area contributed by atoms with Gasteiger partial charge in [-0.25, -0.2) is 4.79 Å². The summed E-state index contributed by atoms with van der Waals surface area (Å²) in [5.41, 5.74) is 0.948. The lowest BCUT2D eigenvalue weighted by atomic mass is 10.0. The molecular formula is C28H29NO9S. The first-order chi connectivity index (χ1) is 19.1. The molecule has 0 saturated carbocycles. The lowest BCUT2D eigenvalue weighted by Gasteiger charge is -2.29. The van der Waals surface area contributed by atoms with Crippen molar-refractivity contribution < 1.29 is 43.1 Å². The molecule has 1 aliphatic heterocycles. The minimum absolute atomic E-state index is 0.000196. The molecule has 0 aliphatic carbocycles. The zero-order valence-corrected chi connectivity index (χ0v) is 21.9. The van der Waals surface area contributed by atoms with Crippen molar-refractivity contribution in [3.05, 3.63) is 78.4 Å². The fourth-order valence-electron chi connectivity index (χ4n) is 3.86. The second kappa shape index (κ2) is 14.2. The molecule has 2 atom stereocenters. The molecule has 1 amide bonds. The minimum Gasteiger partial charge on any atom is -0.491 e. The maximum Gasteiger partial charge on any atom is 0.412 e. The van der Waals surface area contributed by atoms with Crippen molar-refractivity contribution in [3.63, 3.8) is 0 Å². The first-order valence-electron chi connectivity index (χ1n) is 12.3. The molecule has 0 fully saturated rings. The fourth-order valence-corrected chi connectivity index (χ4v) is 3.95. The molecule has 0 saturated heterocycles. The summed E-state index contributed by atoms with van der Waals surface area (Å²) in [6.07, 6.45) is -2.36. The third-order valence-corrected chi connectivity index (χ3v) is 5.85. The van der Waals surface area contributed by atoms with Gasteiger partial charge >= 0.3 is 12.1 Å². The third kappa shape index (κ3) is 7.95. The van der Waals surface area contributed by atoms with Gasteiger partial charge in [0, 0.05) is 23.7 Å². The Morgan fingerprint density at radius 1 is 0.974 bits per heavy atom. The predicted octanol–water partition coefficient (Wildman–Crippen LogP) is 4.39. The van der Waals surface area contributed by atoms with Gasteiger partial charge < -0.3 is 33.5 Å². The largest absolute Gasteiger partial charge is 0.491 e. The molecule has 0 bridgehead atoms. The minimum atomic E-state index is -0.996. The number of carbonyl (C=O) groups is 2. The number of carbonyl (C=O) groups excluding carboxylic acids is 2. The summed E-state index contributed by atoms with van der Waals surface area (Å²) in [6, 6.07) is 21.0. The number of amides is 1. The standard InChI is InChI=1S/C28H29NO9S/c30-13-15-33-22-9-5-4-8-21(22)27(38-28(32)29-19-10-11-23-25(16-19)36-18-35-23)24(12-14-34-26(31)17-39)37-20-6-2-1-3-7-20/h1-11,16,24,27,30,39H,12-15,17-18H2,(H,29,32)/t24-,27-/m0/s1. The Hall–Kier alpha value is -4.09. The molecule has 0 aromatic heterocycles. The number of hydrogen-bond acceptors (Lipinski definition) is 10. The summed E-state index contributed by atoms with van der Waals surface area (Å²) >= 11 is 3.94. The van der Waals surface area contributed by atoms with E-state index in [-0.39, 0.29) is 38.8 Å². The van der Waals surface area contributed by atoms with Crippen LogP contribution in [-0.4, -0.2) is 55.6 Å². The molecule has 0 spiro atoms. The highest BCUT2D eigenvalue weighted by molar-refractivity contribution is 7.81. The molecular weight excluding hydrogens is 526 g/mol. The number of para-hydroxylation sites is 2. The van der Waals surface area contributed by atoms with Crippen LogP contribution in [0.1, 0.15) is 18.1 Å². The highest BCUT2D eigenvalue weighted by atomic mass is 32.1. The predicted molar refractivity (Wildman–Crippen MR) is 145 cm³/mol. The number of thiol groups is 1. The number of fused-ring (bicyclic) bond motifs is 1. The van der Waals surface area contributed by atoms with Gasteiger partial charge in [-0.3, -0.25) is 10.1 Å². The van der Waals surface area contributed by atoms with Gasteiger partial charge in [-0.1, -0.05) is 36.4 Å². The van der Waals surface area contributed by atoms with Gasteiger partial charge in [0.05, 0.1) is 19.0 Å². The maximum absolute atomic E-state index is 13.2. The Balaban J connectivity index is 1.62. The van der Waals surface area contributed by atoms with E-state index in [9.17, 15) is 14.7 Å². The van der Waals surface area contributed by atoms with E-state index >= 15 is 0 Å². The average Bonchev–Trinajstić information content (AvgIpc) is 3.43. The number of aliphatic hydroxyl groups is 1. The number of ether oxygens (including phenoxy) is 6. The SMILES string of the molecule is O=C(CS)OCC[C@H](Oc1ccccc1)[C@@H](OC(=O)Nc1ccc2c(c1)OCO2)c1ccccc1OCCO. The smallest absolute Gasteiger partial charge is 0.412 e. The first-order valence-corrected chi connectivity index (χ1v) is 12.9. The van der Waals surface area contributed by atoms with Crippen LogP contribution in [0, 0.1) is 0 Å². The van der Waals surface area contributed by atoms with E-state index in [0.29, 0.717) is 34.2 Å². The van der Waals surface area contributed by atoms with Crippen molar-refractivity contribution in [3.8, 4) is 23.0 Å². The van der Waals surface area contributed by atoms with E-state index < -0.39 is 24.3 Å². The van der Waals surface area contributed by atoms with Gasteiger partial charge in [-0.15, -0.1) is 0 Å². The lowest BCUT2D eigenvalue weighted by Crippen LogP contribution is -2.32. The van der Waals surface area contributed by atoms with Crippen molar-refractivity contribution in [2.75, 3.05) is 37.7 Å².